The lowest BCUT2D eigenvalue weighted by molar-refractivity contribution is -0.0680. The molecule has 10 nitrogen and oxygen atoms in total. The number of aromatic amines is 1. The van der Waals surface area contributed by atoms with E-state index in [-0.39, 0.29) is 25.1 Å². The number of ether oxygens (including phenoxy) is 1. The van der Waals surface area contributed by atoms with E-state index in [1.807, 2.05) is 13.8 Å². The van der Waals surface area contributed by atoms with E-state index in [1.165, 1.54) is 10.8 Å². The molecule has 23 heavy (non-hydrogen) atoms. The van der Waals surface area contributed by atoms with Gasteiger partial charge in [0.15, 0.2) is 0 Å². The first kappa shape index (κ1) is 18.1. The number of aromatic nitrogens is 2. The van der Waals surface area contributed by atoms with Crippen LogP contribution in [0.5, 0.6) is 0 Å². The molecule has 0 bridgehead atoms. The molecule has 11 heteroatoms. The topological polar surface area (TPSA) is 155 Å². The number of phosphoric ester groups is 1. The molecule has 3 rings (SSSR count). The standard InChI is InChI=1S/C12H17N2O7P.H3N/c1-6(2)7-4-14(12(16)13-11(7)15)10-3-8-9(20-10)5-19-22(17,18)21-8;/h4,6,8-10H,3,5H2,1-2H3,(H,17,18)(H,13,15,16);1H3/t8-,9+,10+;/m0./s1. The molecule has 0 spiro atoms. The van der Waals surface area contributed by atoms with Gasteiger partial charge in [0.05, 0.1) is 6.61 Å². The van der Waals surface area contributed by atoms with Gasteiger partial charge in [-0.3, -0.25) is 23.4 Å². The van der Waals surface area contributed by atoms with Crippen molar-refractivity contribution in [3.63, 3.8) is 0 Å². The van der Waals surface area contributed by atoms with Gasteiger partial charge in [-0.2, -0.15) is 0 Å². The molecule has 2 fully saturated rings. The molecule has 4 atom stereocenters. The predicted molar refractivity (Wildman–Crippen MR) is 79.6 cm³/mol. The Hall–Kier alpha value is -1.29. The molecule has 3 heterocycles. The number of phosphoric acid groups is 1. The Labute approximate surface area is 131 Å². The maximum Gasteiger partial charge on any atom is 0.472 e. The Bertz CT molecular complexity index is 743. The number of hydrogen-bond donors (Lipinski definition) is 3. The minimum absolute atomic E-state index is 0. The maximum atomic E-state index is 12.0. The molecular weight excluding hydrogens is 329 g/mol. The quantitative estimate of drug-likeness (QED) is 0.656. The Kier molecular flexibility index (Phi) is 4.95. The number of nitrogens with zero attached hydrogens (tertiary/aromatic N) is 1. The van der Waals surface area contributed by atoms with Crippen LogP contribution in [0.15, 0.2) is 15.8 Å². The Morgan fingerprint density at radius 2 is 2.09 bits per heavy atom. The van der Waals surface area contributed by atoms with Crippen molar-refractivity contribution >= 4 is 7.82 Å². The zero-order valence-corrected chi connectivity index (χ0v) is 13.7. The summed E-state index contributed by atoms with van der Waals surface area (Å²) in [5.74, 6) is -0.0588. The van der Waals surface area contributed by atoms with Crippen molar-refractivity contribution in [2.45, 2.75) is 44.6 Å². The van der Waals surface area contributed by atoms with Crippen LogP contribution in [0.25, 0.3) is 0 Å². The van der Waals surface area contributed by atoms with Crippen LogP contribution in [-0.2, 0) is 18.3 Å². The van der Waals surface area contributed by atoms with Gasteiger partial charge in [-0.25, -0.2) is 9.36 Å². The largest absolute Gasteiger partial charge is 0.472 e. The average molecular weight is 349 g/mol. The van der Waals surface area contributed by atoms with Crippen molar-refractivity contribution in [1.82, 2.24) is 15.7 Å². The first-order valence-corrected chi connectivity index (χ1v) is 8.43. The lowest BCUT2D eigenvalue weighted by Gasteiger charge is -2.26. The SMILES string of the molecule is CC(C)c1cn([C@H]2C[C@@H]3OP(=O)(O)OC[C@H]3O2)c(=O)[nH]c1=O.N. The summed E-state index contributed by atoms with van der Waals surface area (Å²) < 4.78 is 28.0. The first-order chi connectivity index (χ1) is 10.3. The summed E-state index contributed by atoms with van der Waals surface area (Å²) in [5.41, 5.74) is -0.555. The van der Waals surface area contributed by atoms with Crippen LogP contribution >= 0.6 is 7.82 Å². The Morgan fingerprint density at radius 3 is 2.74 bits per heavy atom. The third-order valence-electron chi connectivity index (χ3n) is 3.78. The second-order valence-electron chi connectivity index (χ2n) is 5.68. The van der Waals surface area contributed by atoms with Crippen LogP contribution in [0.4, 0.5) is 0 Å². The monoisotopic (exact) mass is 349 g/mol. The summed E-state index contributed by atoms with van der Waals surface area (Å²) in [7, 11) is -4.04. The van der Waals surface area contributed by atoms with Gasteiger partial charge in [0.2, 0.25) is 0 Å². The predicted octanol–water partition coefficient (Wildman–Crippen LogP) is 0.625. The van der Waals surface area contributed by atoms with Crippen molar-refractivity contribution < 1.29 is 23.2 Å². The molecule has 1 unspecified atom stereocenters. The van der Waals surface area contributed by atoms with Crippen LogP contribution in [0, 0.1) is 0 Å². The minimum atomic E-state index is -4.04. The fourth-order valence-corrected chi connectivity index (χ4v) is 3.59. The molecule has 0 aliphatic carbocycles. The zero-order chi connectivity index (χ0) is 16.1. The molecule has 2 saturated heterocycles. The van der Waals surface area contributed by atoms with E-state index in [9.17, 15) is 19.0 Å². The van der Waals surface area contributed by atoms with Crippen LogP contribution in [0.2, 0.25) is 0 Å². The summed E-state index contributed by atoms with van der Waals surface area (Å²) in [6.07, 6.45) is -0.148. The number of hydrogen-bond acceptors (Lipinski definition) is 7. The second kappa shape index (κ2) is 6.31. The van der Waals surface area contributed by atoms with Crippen molar-refractivity contribution in [2.75, 3.05) is 6.61 Å². The summed E-state index contributed by atoms with van der Waals surface area (Å²) in [4.78, 5) is 35.3. The summed E-state index contributed by atoms with van der Waals surface area (Å²) in [5, 5.41) is 0. The highest BCUT2D eigenvalue weighted by atomic mass is 31.2. The summed E-state index contributed by atoms with van der Waals surface area (Å²) in [6, 6.07) is 0. The summed E-state index contributed by atoms with van der Waals surface area (Å²) >= 11 is 0. The highest BCUT2D eigenvalue weighted by molar-refractivity contribution is 7.47. The van der Waals surface area contributed by atoms with Gasteiger partial charge in [-0.05, 0) is 5.92 Å². The fourth-order valence-electron chi connectivity index (χ4n) is 2.63. The molecule has 0 saturated carbocycles. The molecule has 0 amide bonds. The van der Waals surface area contributed by atoms with Crippen LogP contribution in [0.1, 0.15) is 38.0 Å². The molecule has 130 valence electrons. The van der Waals surface area contributed by atoms with Crippen molar-refractivity contribution in [3.8, 4) is 0 Å². The number of rotatable bonds is 2. The fraction of sp³-hybridized carbons (Fsp3) is 0.667. The van der Waals surface area contributed by atoms with Gasteiger partial charge in [0, 0.05) is 18.2 Å². The lowest BCUT2D eigenvalue weighted by Crippen LogP contribution is -2.34. The molecule has 1 aromatic heterocycles. The van der Waals surface area contributed by atoms with Gasteiger partial charge in [0.1, 0.15) is 18.4 Å². The normalized spacial score (nSPS) is 33.3. The van der Waals surface area contributed by atoms with E-state index >= 15 is 0 Å². The van der Waals surface area contributed by atoms with E-state index < -0.39 is 37.5 Å². The van der Waals surface area contributed by atoms with Gasteiger partial charge in [-0.15, -0.1) is 0 Å². The Morgan fingerprint density at radius 1 is 1.39 bits per heavy atom. The molecule has 2 aliphatic heterocycles. The molecular formula is C12H20N3O7P. The molecule has 1 aromatic rings. The van der Waals surface area contributed by atoms with Crippen LogP contribution in [-0.4, -0.2) is 33.3 Å². The summed E-state index contributed by atoms with van der Waals surface area (Å²) in [6.45, 7) is 3.60. The van der Waals surface area contributed by atoms with Gasteiger partial charge >= 0.3 is 13.5 Å². The smallest absolute Gasteiger partial charge is 0.349 e. The van der Waals surface area contributed by atoms with E-state index in [4.69, 9.17) is 13.8 Å². The van der Waals surface area contributed by atoms with Crippen LogP contribution in [0.3, 0.4) is 0 Å². The molecule has 2 aliphatic rings. The van der Waals surface area contributed by atoms with E-state index in [2.05, 4.69) is 4.98 Å². The second-order valence-corrected chi connectivity index (χ2v) is 7.08. The first-order valence-electron chi connectivity index (χ1n) is 6.93. The highest BCUT2D eigenvalue weighted by Gasteiger charge is 2.46. The number of nitrogens with one attached hydrogen (secondary N) is 1. The van der Waals surface area contributed by atoms with Crippen molar-refractivity contribution in [2.24, 2.45) is 0 Å². The molecule has 0 radical (unpaired) electrons. The lowest BCUT2D eigenvalue weighted by atomic mass is 10.1. The van der Waals surface area contributed by atoms with E-state index in [0.29, 0.717) is 5.56 Å². The third-order valence-corrected chi connectivity index (χ3v) is 4.79. The number of H-pyrrole nitrogens is 1. The minimum Gasteiger partial charge on any atom is -0.349 e. The van der Waals surface area contributed by atoms with Crippen LogP contribution < -0.4 is 17.4 Å². The number of fused-ring (bicyclic) bond motifs is 1. The van der Waals surface area contributed by atoms with E-state index in [1.54, 1.807) is 0 Å². The average Bonchev–Trinajstić information content (AvgIpc) is 2.79. The van der Waals surface area contributed by atoms with Crippen molar-refractivity contribution in [3.05, 3.63) is 32.6 Å². The molecule has 5 N–H and O–H groups in total. The van der Waals surface area contributed by atoms with Gasteiger partial charge in [-0.1, -0.05) is 13.8 Å². The van der Waals surface area contributed by atoms with Gasteiger partial charge in [0.25, 0.3) is 5.56 Å². The third kappa shape index (κ3) is 3.47. The zero-order valence-electron chi connectivity index (χ0n) is 12.8. The molecule has 0 aromatic carbocycles. The highest BCUT2D eigenvalue weighted by Crippen LogP contribution is 2.52. The maximum absolute atomic E-state index is 12.0. The van der Waals surface area contributed by atoms with Crippen molar-refractivity contribution in [1.29, 1.82) is 0 Å². The van der Waals surface area contributed by atoms with E-state index in [0.717, 1.165) is 0 Å². The van der Waals surface area contributed by atoms with Gasteiger partial charge < -0.3 is 15.8 Å². The Balaban J connectivity index is 0.00000192.